The predicted molar refractivity (Wildman–Crippen MR) is 118 cm³/mol. The van der Waals surface area contributed by atoms with Crippen molar-refractivity contribution in [2.24, 2.45) is 0 Å². The standard InChI is InChI=1S/C24H18F4N2OS/c25-16-11-9-15(10-12-16)21-22(18-6-2-4-8-20(18)30-21)32-14-13-29-23(31)17-5-1-3-7-19(17)24(26,27)28/h1-12,30H,13-14H2,(H,29,31). The van der Waals surface area contributed by atoms with Crippen molar-refractivity contribution in [3.63, 3.8) is 0 Å². The number of hydrogen-bond donors (Lipinski definition) is 2. The Kier molecular flexibility index (Phi) is 6.23. The molecule has 0 spiro atoms. The summed E-state index contributed by atoms with van der Waals surface area (Å²) in [4.78, 5) is 16.6. The highest BCUT2D eigenvalue weighted by Crippen LogP contribution is 2.37. The summed E-state index contributed by atoms with van der Waals surface area (Å²) in [5, 5.41) is 3.55. The molecule has 0 atom stereocenters. The number of thioether (sulfide) groups is 1. The predicted octanol–water partition coefficient (Wildman–Crippen LogP) is 6.51. The van der Waals surface area contributed by atoms with E-state index in [4.69, 9.17) is 0 Å². The number of alkyl halides is 3. The van der Waals surface area contributed by atoms with Crippen molar-refractivity contribution in [1.29, 1.82) is 0 Å². The molecule has 8 heteroatoms. The number of carbonyl (C=O) groups excluding carboxylic acids is 1. The van der Waals surface area contributed by atoms with Crippen LogP contribution in [0.1, 0.15) is 15.9 Å². The molecule has 1 heterocycles. The van der Waals surface area contributed by atoms with Crippen LogP contribution in [0.3, 0.4) is 0 Å². The molecule has 0 bridgehead atoms. The number of amides is 1. The Balaban J connectivity index is 1.49. The Labute approximate surface area is 185 Å². The number of rotatable bonds is 6. The first-order chi connectivity index (χ1) is 15.3. The van der Waals surface area contributed by atoms with E-state index in [1.807, 2.05) is 24.3 Å². The van der Waals surface area contributed by atoms with Gasteiger partial charge in [0.15, 0.2) is 0 Å². The van der Waals surface area contributed by atoms with E-state index in [9.17, 15) is 22.4 Å². The van der Waals surface area contributed by atoms with Crippen molar-refractivity contribution in [2.75, 3.05) is 12.3 Å². The number of benzene rings is 3. The number of halogens is 4. The fraction of sp³-hybridized carbons (Fsp3) is 0.125. The van der Waals surface area contributed by atoms with Crippen molar-refractivity contribution >= 4 is 28.6 Å². The third-order valence-electron chi connectivity index (χ3n) is 4.90. The summed E-state index contributed by atoms with van der Waals surface area (Å²) in [6, 6.07) is 18.5. The van der Waals surface area contributed by atoms with Crippen LogP contribution in [0.15, 0.2) is 77.7 Å². The van der Waals surface area contributed by atoms with E-state index in [0.717, 1.165) is 39.2 Å². The van der Waals surface area contributed by atoms with Crippen molar-refractivity contribution < 1.29 is 22.4 Å². The topological polar surface area (TPSA) is 44.9 Å². The maximum atomic E-state index is 13.3. The molecule has 2 N–H and O–H groups in total. The Morgan fingerprint density at radius 3 is 2.38 bits per heavy atom. The van der Waals surface area contributed by atoms with E-state index in [1.165, 1.54) is 36.0 Å². The average Bonchev–Trinajstić information content (AvgIpc) is 3.15. The maximum Gasteiger partial charge on any atom is 0.417 e. The van der Waals surface area contributed by atoms with E-state index in [2.05, 4.69) is 10.3 Å². The molecule has 0 aliphatic carbocycles. The van der Waals surface area contributed by atoms with Gasteiger partial charge in [-0.05, 0) is 48.0 Å². The van der Waals surface area contributed by atoms with Crippen LogP contribution in [0.25, 0.3) is 22.2 Å². The fourth-order valence-electron chi connectivity index (χ4n) is 3.43. The number of nitrogens with one attached hydrogen (secondary N) is 2. The van der Waals surface area contributed by atoms with Gasteiger partial charge in [-0.3, -0.25) is 4.79 Å². The SMILES string of the molecule is O=C(NCCSc1c(-c2ccc(F)cc2)[nH]c2ccccc12)c1ccccc1C(F)(F)F. The first-order valence-corrected chi connectivity index (χ1v) is 10.8. The van der Waals surface area contributed by atoms with Crippen LogP contribution in [-0.2, 0) is 6.18 Å². The summed E-state index contributed by atoms with van der Waals surface area (Å²) in [6.07, 6.45) is -4.60. The molecule has 0 fully saturated rings. The van der Waals surface area contributed by atoms with Crippen LogP contribution in [0.4, 0.5) is 17.6 Å². The lowest BCUT2D eigenvalue weighted by atomic mass is 10.1. The average molecular weight is 458 g/mol. The number of aromatic amines is 1. The van der Waals surface area contributed by atoms with Crippen LogP contribution in [-0.4, -0.2) is 23.2 Å². The van der Waals surface area contributed by atoms with Gasteiger partial charge in [0.1, 0.15) is 5.82 Å². The monoisotopic (exact) mass is 458 g/mol. The molecule has 3 aromatic carbocycles. The molecule has 0 aliphatic rings. The van der Waals surface area contributed by atoms with Gasteiger partial charge in [0.2, 0.25) is 0 Å². The second-order valence-corrected chi connectivity index (χ2v) is 8.13. The van der Waals surface area contributed by atoms with Gasteiger partial charge in [-0.15, -0.1) is 11.8 Å². The lowest BCUT2D eigenvalue weighted by Crippen LogP contribution is -2.28. The van der Waals surface area contributed by atoms with Gasteiger partial charge in [0, 0.05) is 28.1 Å². The molecular weight excluding hydrogens is 440 g/mol. The van der Waals surface area contributed by atoms with Gasteiger partial charge in [-0.2, -0.15) is 13.2 Å². The number of H-pyrrole nitrogens is 1. The molecule has 3 nitrogen and oxygen atoms in total. The van der Waals surface area contributed by atoms with Crippen LogP contribution in [0.5, 0.6) is 0 Å². The van der Waals surface area contributed by atoms with Gasteiger partial charge < -0.3 is 10.3 Å². The van der Waals surface area contributed by atoms with Crippen molar-refractivity contribution in [1.82, 2.24) is 10.3 Å². The summed E-state index contributed by atoms with van der Waals surface area (Å²) >= 11 is 1.47. The van der Waals surface area contributed by atoms with E-state index >= 15 is 0 Å². The summed E-state index contributed by atoms with van der Waals surface area (Å²) in [6.45, 7) is 0.179. The quantitative estimate of drug-likeness (QED) is 0.196. The lowest BCUT2D eigenvalue weighted by molar-refractivity contribution is -0.137. The van der Waals surface area contributed by atoms with E-state index < -0.39 is 23.2 Å². The zero-order valence-electron chi connectivity index (χ0n) is 16.7. The fourth-order valence-corrected chi connectivity index (χ4v) is 4.48. The highest BCUT2D eigenvalue weighted by Gasteiger charge is 2.34. The number of carbonyl (C=O) groups is 1. The third kappa shape index (κ3) is 4.65. The third-order valence-corrected chi connectivity index (χ3v) is 6.02. The summed E-state index contributed by atoms with van der Waals surface area (Å²) in [5.74, 6) is -0.659. The molecule has 4 rings (SSSR count). The maximum absolute atomic E-state index is 13.3. The number of fused-ring (bicyclic) bond motifs is 1. The summed E-state index contributed by atoms with van der Waals surface area (Å²) in [5.41, 5.74) is 1.19. The highest BCUT2D eigenvalue weighted by atomic mass is 32.2. The van der Waals surface area contributed by atoms with Crippen LogP contribution >= 0.6 is 11.8 Å². The van der Waals surface area contributed by atoms with E-state index in [0.29, 0.717) is 5.75 Å². The van der Waals surface area contributed by atoms with Gasteiger partial charge >= 0.3 is 6.18 Å². The summed E-state index contributed by atoms with van der Waals surface area (Å²) < 4.78 is 52.8. The Morgan fingerprint density at radius 2 is 1.62 bits per heavy atom. The zero-order chi connectivity index (χ0) is 22.7. The number of hydrogen-bond acceptors (Lipinski definition) is 2. The van der Waals surface area contributed by atoms with Gasteiger partial charge in [0.05, 0.1) is 16.8 Å². The largest absolute Gasteiger partial charge is 0.417 e. The summed E-state index contributed by atoms with van der Waals surface area (Å²) in [7, 11) is 0. The second kappa shape index (κ2) is 9.08. The molecule has 0 saturated heterocycles. The minimum Gasteiger partial charge on any atom is -0.354 e. The molecule has 0 radical (unpaired) electrons. The van der Waals surface area contributed by atoms with Crippen LogP contribution < -0.4 is 5.32 Å². The first-order valence-electron chi connectivity index (χ1n) is 9.78. The molecule has 0 aliphatic heterocycles. The Hall–Kier alpha value is -3.26. The minimum atomic E-state index is -4.60. The van der Waals surface area contributed by atoms with E-state index in [1.54, 1.807) is 12.1 Å². The first kappa shape index (κ1) is 22.0. The molecular formula is C24H18F4N2OS. The van der Waals surface area contributed by atoms with Gasteiger partial charge in [0.25, 0.3) is 5.91 Å². The van der Waals surface area contributed by atoms with Crippen molar-refractivity contribution in [3.8, 4) is 11.3 Å². The molecule has 4 aromatic rings. The Bertz CT molecular complexity index is 1250. The molecule has 0 unspecified atom stereocenters. The van der Waals surface area contributed by atoms with Crippen molar-refractivity contribution in [2.45, 2.75) is 11.1 Å². The molecule has 1 amide bonds. The zero-order valence-corrected chi connectivity index (χ0v) is 17.5. The molecule has 32 heavy (non-hydrogen) atoms. The lowest BCUT2D eigenvalue weighted by Gasteiger charge is -2.12. The second-order valence-electron chi connectivity index (χ2n) is 7.03. The smallest absolute Gasteiger partial charge is 0.354 e. The normalized spacial score (nSPS) is 11.6. The van der Waals surface area contributed by atoms with E-state index in [-0.39, 0.29) is 12.4 Å². The minimum absolute atomic E-state index is 0.179. The molecule has 1 aromatic heterocycles. The Morgan fingerprint density at radius 1 is 0.938 bits per heavy atom. The highest BCUT2D eigenvalue weighted by molar-refractivity contribution is 7.99. The number of aromatic nitrogens is 1. The van der Waals surface area contributed by atoms with Crippen molar-refractivity contribution in [3.05, 3.63) is 89.7 Å². The van der Waals surface area contributed by atoms with Crippen LogP contribution in [0, 0.1) is 5.82 Å². The number of para-hydroxylation sites is 1. The molecule has 0 saturated carbocycles. The molecule has 164 valence electrons. The van der Waals surface area contributed by atoms with Crippen LogP contribution in [0.2, 0.25) is 0 Å². The van der Waals surface area contributed by atoms with Gasteiger partial charge in [-0.25, -0.2) is 4.39 Å². The van der Waals surface area contributed by atoms with Gasteiger partial charge in [-0.1, -0.05) is 30.3 Å².